The normalized spacial score (nSPS) is 16.5. The fourth-order valence-electron chi connectivity index (χ4n) is 4.99. The number of ether oxygens (including phenoxy) is 1. The van der Waals surface area contributed by atoms with Gasteiger partial charge in [-0.15, -0.1) is 0 Å². The molecule has 0 amide bonds. The van der Waals surface area contributed by atoms with Crippen LogP contribution in [0.25, 0.3) is 10.9 Å². The summed E-state index contributed by atoms with van der Waals surface area (Å²) < 4.78 is 20.1. The Morgan fingerprint density at radius 2 is 1.97 bits per heavy atom. The standard InChI is InChI=1S/C25H26FN5O2/c1-33-22-6-2-5-20-23(22)24-18(25(32)28-20)4-3-9-31(24)16-29-10-12-30(13-11-29)21-8-7-17(15-27)14-19(21)26/h2,5-8,14H,3-4,9-13,16H2,1H3,(H,28,32). The summed E-state index contributed by atoms with van der Waals surface area (Å²) in [5.74, 6) is 0.401. The zero-order valence-electron chi connectivity index (χ0n) is 18.6. The van der Waals surface area contributed by atoms with E-state index in [0.29, 0.717) is 31.0 Å². The van der Waals surface area contributed by atoms with Crippen molar-refractivity contribution < 1.29 is 9.13 Å². The summed E-state index contributed by atoms with van der Waals surface area (Å²) in [6, 6.07) is 12.3. The van der Waals surface area contributed by atoms with Gasteiger partial charge in [-0.25, -0.2) is 4.39 Å². The number of anilines is 2. The van der Waals surface area contributed by atoms with Gasteiger partial charge in [-0.2, -0.15) is 5.26 Å². The molecule has 8 heteroatoms. The Hall–Kier alpha value is -3.57. The second-order valence-electron chi connectivity index (χ2n) is 8.56. The summed E-state index contributed by atoms with van der Waals surface area (Å²) in [5, 5.41) is 9.92. The molecule has 170 valence electrons. The van der Waals surface area contributed by atoms with Crippen molar-refractivity contribution >= 4 is 22.3 Å². The number of piperazine rings is 1. The van der Waals surface area contributed by atoms with Gasteiger partial charge in [-0.1, -0.05) is 6.07 Å². The molecule has 3 heterocycles. The van der Waals surface area contributed by atoms with E-state index in [2.05, 4.69) is 14.8 Å². The second-order valence-corrected chi connectivity index (χ2v) is 8.56. The average Bonchev–Trinajstić information content (AvgIpc) is 2.84. The molecule has 1 fully saturated rings. The van der Waals surface area contributed by atoms with Crippen molar-refractivity contribution in [2.45, 2.75) is 12.8 Å². The predicted molar refractivity (Wildman–Crippen MR) is 127 cm³/mol. The lowest BCUT2D eigenvalue weighted by molar-refractivity contribution is 0.254. The monoisotopic (exact) mass is 447 g/mol. The highest BCUT2D eigenvalue weighted by atomic mass is 19.1. The van der Waals surface area contributed by atoms with Crippen LogP contribution in [-0.4, -0.2) is 56.4 Å². The summed E-state index contributed by atoms with van der Waals surface area (Å²) in [5.41, 5.74) is 3.41. The first kappa shape index (κ1) is 21.3. The number of nitriles is 1. The molecule has 2 aliphatic heterocycles. The van der Waals surface area contributed by atoms with E-state index in [1.807, 2.05) is 29.2 Å². The highest BCUT2D eigenvalue weighted by Crippen LogP contribution is 2.37. The van der Waals surface area contributed by atoms with Crippen molar-refractivity contribution in [3.8, 4) is 11.8 Å². The van der Waals surface area contributed by atoms with E-state index in [1.165, 1.54) is 6.07 Å². The largest absolute Gasteiger partial charge is 0.496 e. The van der Waals surface area contributed by atoms with Gasteiger partial charge in [0.05, 0.1) is 47.7 Å². The Bertz CT molecular complexity index is 1290. The molecule has 0 spiro atoms. The Labute approximate surface area is 191 Å². The van der Waals surface area contributed by atoms with Gasteiger partial charge in [0.2, 0.25) is 0 Å². The highest BCUT2D eigenvalue weighted by molar-refractivity contribution is 5.98. The molecule has 0 saturated carbocycles. The smallest absolute Gasteiger partial charge is 0.253 e. The molecule has 33 heavy (non-hydrogen) atoms. The molecule has 5 rings (SSSR count). The van der Waals surface area contributed by atoms with E-state index in [-0.39, 0.29) is 11.4 Å². The van der Waals surface area contributed by atoms with Crippen LogP contribution in [0.3, 0.4) is 0 Å². The molecule has 1 saturated heterocycles. The lowest BCUT2D eigenvalue weighted by atomic mass is 9.99. The molecule has 0 radical (unpaired) electrons. The van der Waals surface area contributed by atoms with Gasteiger partial charge in [0.1, 0.15) is 11.6 Å². The molecule has 0 atom stereocenters. The predicted octanol–water partition coefficient (Wildman–Crippen LogP) is 3.08. The zero-order chi connectivity index (χ0) is 22.9. The van der Waals surface area contributed by atoms with Gasteiger partial charge < -0.3 is 19.5 Å². The van der Waals surface area contributed by atoms with Crippen LogP contribution in [-0.2, 0) is 6.42 Å². The van der Waals surface area contributed by atoms with Gasteiger partial charge in [-0.3, -0.25) is 9.69 Å². The highest BCUT2D eigenvalue weighted by Gasteiger charge is 2.27. The third-order valence-corrected chi connectivity index (χ3v) is 6.62. The summed E-state index contributed by atoms with van der Waals surface area (Å²) in [4.78, 5) is 22.5. The molecule has 2 aliphatic rings. The maximum absolute atomic E-state index is 14.5. The number of pyridine rings is 1. The average molecular weight is 448 g/mol. The minimum absolute atomic E-state index is 0.0310. The van der Waals surface area contributed by atoms with Crippen molar-refractivity contribution in [1.82, 2.24) is 9.88 Å². The van der Waals surface area contributed by atoms with Gasteiger partial charge >= 0.3 is 0 Å². The summed E-state index contributed by atoms with van der Waals surface area (Å²) in [6.07, 6.45) is 1.67. The third-order valence-electron chi connectivity index (χ3n) is 6.62. The van der Waals surface area contributed by atoms with Gasteiger partial charge in [-0.05, 0) is 43.2 Å². The van der Waals surface area contributed by atoms with Crippen LogP contribution in [0.15, 0.2) is 41.2 Å². The number of nitrogens with one attached hydrogen (secondary N) is 1. The number of hydrogen-bond acceptors (Lipinski definition) is 6. The van der Waals surface area contributed by atoms with Crippen LogP contribution in [0.4, 0.5) is 15.8 Å². The van der Waals surface area contributed by atoms with Crippen LogP contribution in [0.1, 0.15) is 17.5 Å². The molecule has 1 N–H and O–H groups in total. The van der Waals surface area contributed by atoms with Gasteiger partial charge in [0, 0.05) is 38.3 Å². The number of rotatable bonds is 4. The minimum Gasteiger partial charge on any atom is -0.496 e. The first-order chi connectivity index (χ1) is 16.1. The minimum atomic E-state index is -0.356. The number of aromatic nitrogens is 1. The first-order valence-corrected chi connectivity index (χ1v) is 11.2. The van der Waals surface area contributed by atoms with E-state index in [9.17, 15) is 9.18 Å². The Morgan fingerprint density at radius 3 is 2.70 bits per heavy atom. The first-order valence-electron chi connectivity index (χ1n) is 11.2. The second kappa shape index (κ2) is 8.75. The van der Waals surface area contributed by atoms with Crippen LogP contribution >= 0.6 is 0 Å². The Kier molecular flexibility index (Phi) is 5.65. The number of halogens is 1. The van der Waals surface area contributed by atoms with Gasteiger partial charge in [0.15, 0.2) is 0 Å². The summed E-state index contributed by atoms with van der Waals surface area (Å²) >= 11 is 0. The molecule has 0 bridgehead atoms. The molecule has 1 aromatic heterocycles. The SMILES string of the molecule is COc1cccc2[nH]c(=O)c3c(c12)N(CN1CCN(c2ccc(C#N)cc2F)CC1)CCC3. The number of fused-ring (bicyclic) bond motifs is 3. The molecular weight excluding hydrogens is 421 g/mol. The van der Waals surface area contributed by atoms with E-state index >= 15 is 0 Å². The molecule has 7 nitrogen and oxygen atoms in total. The van der Waals surface area contributed by atoms with Crippen molar-refractivity contribution in [3.05, 3.63) is 63.7 Å². The summed E-state index contributed by atoms with van der Waals surface area (Å²) in [6.45, 7) is 4.53. The Morgan fingerprint density at radius 1 is 1.15 bits per heavy atom. The van der Waals surface area contributed by atoms with Crippen LogP contribution in [0.5, 0.6) is 5.75 Å². The molecule has 0 aliphatic carbocycles. The van der Waals surface area contributed by atoms with Crippen molar-refractivity contribution in [2.75, 3.05) is 56.3 Å². The fourth-order valence-corrected chi connectivity index (χ4v) is 4.99. The summed E-state index contributed by atoms with van der Waals surface area (Å²) in [7, 11) is 1.65. The van der Waals surface area contributed by atoms with Gasteiger partial charge in [0.25, 0.3) is 5.56 Å². The number of aromatic amines is 1. The zero-order valence-corrected chi connectivity index (χ0v) is 18.6. The van der Waals surface area contributed by atoms with Crippen LogP contribution < -0.4 is 20.1 Å². The van der Waals surface area contributed by atoms with Crippen molar-refractivity contribution in [1.29, 1.82) is 5.26 Å². The molecule has 0 unspecified atom stereocenters. The number of benzene rings is 2. The maximum Gasteiger partial charge on any atom is 0.253 e. The topological polar surface area (TPSA) is 75.6 Å². The van der Waals surface area contributed by atoms with Crippen LogP contribution in [0.2, 0.25) is 0 Å². The number of nitrogens with zero attached hydrogens (tertiary/aromatic N) is 4. The quantitative estimate of drug-likeness (QED) is 0.663. The Balaban J connectivity index is 1.37. The lowest BCUT2D eigenvalue weighted by Gasteiger charge is -2.41. The number of H-pyrrole nitrogens is 1. The third kappa shape index (κ3) is 3.89. The molecular formula is C25H26FN5O2. The van der Waals surface area contributed by atoms with E-state index < -0.39 is 0 Å². The van der Waals surface area contributed by atoms with E-state index in [1.54, 1.807) is 19.2 Å². The van der Waals surface area contributed by atoms with Crippen molar-refractivity contribution in [3.63, 3.8) is 0 Å². The molecule has 3 aromatic rings. The fraction of sp³-hybridized carbons (Fsp3) is 0.360. The van der Waals surface area contributed by atoms with E-state index in [4.69, 9.17) is 10.00 Å². The lowest BCUT2D eigenvalue weighted by Crippen LogP contribution is -2.51. The van der Waals surface area contributed by atoms with Crippen molar-refractivity contribution in [2.24, 2.45) is 0 Å². The van der Waals surface area contributed by atoms with Crippen LogP contribution in [0, 0.1) is 17.1 Å². The maximum atomic E-state index is 14.5. The molecule has 2 aromatic carbocycles. The number of methoxy groups -OCH3 is 1. The van der Waals surface area contributed by atoms with E-state index in [0.717, 1.165) is 60.4 Å². The number of hydrogen-bond donors (Lipinski definition) is 1.